The third-order valence-electron chi connectivity index (χ3n) is 5.41. The van der Waals surface area contributed by atoms with E-state index in [2.05, 4.69) is 16.6 Å². The molecule has 8 heteroatoms. The number of para-hydroxylation sites is 1. The van der Waals surface area contributed by atoms with E-state index >= 15 is 0 Å². The van der Waals surface area contributed by atoms with Gasteiger partial charge in [-0.2, -0.15) is 0 Å². The number of aryl methyl sites for hydroxylation is 2. The number of nitrogens with one attached hydrogen (secondary N) is 2. The highest BCUT2D eigenvalue weighted by Crippen LogP contribution is 2.27. The Kier molecular flexibility index (Phi) is 9.65. The number of rotatable bonds is 8. The summed E-state index contributed by atoms with van der Waals surface area (Å²) in [6.45, 7) is 9.87. The fraction of sp³-hybridized carbons (Fsp3) is 0.393. The van der Waals surface area contributed by atoms with E-state index in [1.54, 1.807) is 45.0 Å². The van der Waals surface area contributed by atoms with Crippen LogP contribution in [0, 0.1) is 26.2 Å². The summed E-state index contributed by atoms with van der Waals surface area (Å²) in [5.41, 5.74) is 2.75. The molecule has 0 aromatic heterocycles. The van der Waals surface area contributed by atoms with E-state index in [4.69, 9.17) is 11.2 Å². The zero-order chi connectivity index (χ0) is 27.0. The van der Waals surface area contributed by atoms with Crippen molar-refractivity contribution in [3.63, 3.8) is 0 Å². The summed E-state index contributed by atoms with van der Waals surface area (Å²) < 4.78 is 5.25. The predicted molar refractivity (Wildman–Crippen MR) is 139 cm³/mol. The molecule has 0 saturated carbocycles. The smallest absolute Gasteiger partial charge is 0.408 e. The number of carbonyl (C=O) groups is 3. The molecule has 0 spiro atoms. The highest BCUT2D eigenvalue weighted by molar-refractivity contribution is 5.99. The highest BCUT2D eigenvalue weighted by atomic mass is 16.6. The molecule has 3 N–H and O–H groups in total. The number of aliphatic hydroxyl groups is 1. The van der Waals surface area contributed by atoms with E-state index in [-0.39, 0.29) is 13.2 Å². The molecule has 3 amide bonds. The molecule has 2 aromatic carbocycles. The van der Waals surface area contributed by atoms with Gasteiger partial charge < -0.3 is 25.4 Å². The van der Waals surface area contributed by atoms with E-state index < -0.39 is 35.6 Å². The van der Waals surface area contributed by atoms with Crippen LogP contribution in [-0.2, 0) is 14.3 Å². The molecule has 0 saturated heterocycles. The Hall–Kier alpha value is -3.83. The van der Waals surface area contributed by atoms with Gasteiger partial charge in [0, 0.05) is 17.8 Å². The Morgan fingerprint density at radius 2 is 1.67 bits per heavy atom. The molecule has 36 heavy (non-hydrogen) atoms. The van der Waals surface area contributed by atoms with E-state index in [1.165, 1.54) is 11.8 Å². The Bertz CT molecular complexity index is 1110. The van der Waals surface area contributed by atoms with Gasteiger partial charge in [-0.05, 0) is 70.4 Å². The van der Waals surface area contributed by atoms with E-state index in [0.717, 1.165) is 11.1 Å². The molecule has 0 bridgehead atoms. The molecule has 8 nitrogen and oxygen atoms in total. The molecule has 2 aromatic rings. The monoisotopic (exact) mass is 493 g/mol. The zero-order valence-corrected chi connectivity index (χ0v) is 21.7. The van der Waals surface area contributed by atoms with Crippen LogP contribution < -0.4 is 10.6 Å². The van der Waals surface area contributed by atoms with Crippen molar-refractivity contribution in [1.82, 2.24) is 10.2 Å². The minimum atomic E-state index is -1.10. The van der Waals surface area contributed by atoms with Gasteiger partial charge in [-0.25, -0.2) is 4.79 Å². The van der Waals surface area contributed by atoms with Crippen LogP contribution in [-0.4, -0.2) is 52.7 Å². The van der Waals surface area contributed by atoms with Crippen molar-refractivity contribution in [1.29, 1.82) is 0 Å². The Balaban J connectivity index is 2.45. The van der Waals surface area contributed by atoms with Gasteiger partial charge in [-0.1, -0.05) is 36.3 Å². The number of terminal acetylenes is 1. The van der Waals surface area contributed by atoms with Crippen LogP contribution in [0.1, 0.15) is 56.0 Å². The Morgan fingerprint density at radius 1 is 1.08 bits per heavy atom. The molecular weight excluding hydrogens is 458 g/mol. The zero-order valence-electron chi connectivity index (χ0n) is 21.7. The number of carbonyl (C=O) groups excluding carboxylic acids is 3. The van der Waals surface area contributed by atoms with Crippen molar-refractivity contribution in [2.24, 2.45) is 0 Å². The molecule has 0 aliphatic heterocycles. The first-order chi connectivity index (χ1) is 16.9. The molecule has 2 atom stereocenters. The van der Waals surface area contributed by atoms with Gasteiger partial charge in [0.2, 0.25) is 5.91 Å². The van der Waals surface area contributed by atoms with Crippen LogP contribution in [0.4, 0.5) is 10.5 Å². The van der Waals surface area contributed by atoms with Crippen LogP contribution in [0.15, 0.2) is 42.5 Å². The second-order valence-corrected chi connectivity index (χ2v) is 9.55. The quantitative estimate of drug-likeness (QED) is 0.486. The number of ether oxygens (including phenoxy) is 1. The average Bonchev–Trinajstić information content (AvgIpc) is 2.79. The fourth-order valence-corrected chi connectivity index (χ4v) is 3.71. The second kappa shape index (κ2) is 12.2. The van der Waals surface area contributed by atoms with Crippen LogP contribution in [0.25, 0.3) is 0 Å². The maximum atomic E-state index is 13.7. The van der Waals surface area contributed by atoms with Gasteiger partial charge in [-0.15, -0.1) is 6.42 Å². The molecule has 192 valence electrons. The third-order valence-corrected chi connectivity index (χ3v) is 5.41. The Morgan fingerprint density at radius 3 is 2.17 bits per heavy atom. The molecular formula is C28H35N3O5. The largest absolute Gasteiger partial charge is 0.444 e. The van der Waals surface area contributed by atoms with Crippen molar-refractivity contribution >= 4 is 23.6 Å². The first-order valence-electron chi connectivity index (χ1n) is 11.7. The van der Waals surface area contributed by atoms with Crippen LogP contribution in [0.2, 0.25) is 0 Å². The predicted octanol–water partition coefficient (Wildman–Crippen LogP) is 3.70. The van der Waals surface area contributed by atoms with Gasteiger partial charge in [0.15, 0.2) is 0 Å². The maximum absolute atomic E-state index is 13.7. The van der Waals surface area contributed by atoms with E-state index in [0.29, 0.717) is 16.8 Å². The molecule has 0 radical (unpaired) electrons. The number of anilines is 1. The van der Waals surface area contributed by atoms with Crippen molar-refractivity contribution in [2.75, 3.05) is 18.5 Å². The third kappa shape index (κ3) is 7.59. The van der Waals surface area contributed by atoms with Crippen LogP contribution >= 0.6 is 0 Å². The summed E-state index contributed by atoms with van der Waals surface area (Å²) >= 11 is 0. The number of alkyl carbamates (subject to hydrolysis) is 1. The summed E-state index contributed by atoms with van der Waals surface area (Å²) in [6.07, 6.45) is 4.72. The van der Waals surface area contributed by atoms with Crippen LogP contribution in [0.3, 0.4) is 0 Å². The van der Waals surface area contributed by atoms with Crippen LogP contribution in [0.5, 0.6) is 0 Å². The van der Waals surface area contributed by atoms with Crippen molar-refractivity contribution < 1.29 is 24.2 Å². The maximum Gasteiger partial charge on any atom is 0.408 e. The number of benzene rings is 2. The molecule has 0 aliphatic carbocycles. The Labute approximate surface area is 213 Å². The van der Waals surface area contributed by atoms with Crippen molar-refractivity contribution in [2.45, 2.75) is 59.2 Å². The first-order valence-corrected chi connectivity index (χ1v) is 11.7. The van der Waals surface area contributed by atoms with E-state index in [1.807, 2.05) is 32.0 Å². The molecule has 0 aliphatic rings. The van der Waals surface area contributed by atoms with Gasteiger partial charge >= 0.3 is 6.09 Å². The van der Waals surface area contributed by atoms with Gasteiger partial charge in [-0.3, -0.25) is 9.59 Å². The summed E-state index contributed by atoms with van der Waals surface area (Å²) in [5, 5.41) is 15.2. The second-order valence-electron chi connectivity index (χ2n) is 9.55. The summed E-state index contributed by atoms with van der Waals surface area (Å²) in [5.74, 6) is 1.51. The lowest BCUT2D eigenvalue weighted by Gasteiger charge is -2.33. The number of aliphatic hydroxyl groups excluding tert-OH is 1. The first kappa shape index (κ1) is 28.4. The normalized spacial score (nSPS) is 12.6. The fourth-order valence-electron chi connectivity index (χ4n) is 3.71. The number of hydrogen-bond donors (Lipinski definition) is 3. The number of hydrogen-bond acceptors (Lipinski definition) is 5. The summed E-state index contributed by atoms with van der Waals surface area (Å²) in [7, 11) is 0. The lowest BCUT2D eigenvalue weighted by atomic mass is 10.0. The summed E-state index contributed by atoms with van der Waals surface area (Å²) in [6, 6.07) is 10.2. The topological polar surface area (TPSA) is 108 Å². The lowest BCUT2D eigenvalue weighted by Crippen LogP contribution is -2.52. The minimum Gasteiger partial charge on any atom is -0.444 e. The van der Waals surface area contributed by atoms with Gasteiger partial charge in [0.25, 0.3) is 5.91 Å². The van der Waals surface area contributed by atoms with E-state index in [9.17, 15) is 19.5 Å². The lowest BCUT2D eigenvalue weighted by molar-refractivity contribution is -0.141. The molecule has 0 fully saturated rings. The number of amides is 3. The number of nitrogens with zero attached hydrogens (tertiary/aromatic N) is 1. The summed E-state index contributed by atoms with van der Waals surface area (Å²) in [4.78, 5) is 40.7. The standard InChI is InChI=1S/C28H35N3O5/c1-8-21-12-14-22(15-13-21)24(25(33)30-23-18(2)10-9-11-19(23)3)31(16-17-32)26(34)20(4)29-27(35)36-28(5,6)7/h1,9-15,20,24,32H,16-17H2,2-7H3,(H,29,35)(H,30,33). The van der Waals surface area contributed by atoms with Gasteiger partial charge in [0.05, 0.1) is 6.61 Å². The highest BCUT2D eigenvalue weighted by Gasteiger charge is 2.34. The molecule has 2 rings (SSSR count). The molecule has 0 heterocycles. The average molecular weight is 494 g/mol. The molecule has 2 unspecified atom stereocenters. The van der Waals surface area contributed by atoms with Gasteiger partial charge in [0.1, 0.15) is 17.7 Å². The van der Waals surface area contributed by atoms with Crippen molar-refractivity contribution in [3.05, 3.63) is 64.7 Å². The minimum absolute atomic E-state index is 0.138. The SMILES string of the molecule is C#Cc1ccc(C(C(=O)Nc2c(C)cccc2C)N(CCO)C(=O)C(C)NC(=O)OC(C)(C)C)cc1. The van der Waals surface area contributed by atoms with Crippen molar-refractivity contribution in [3.8, 4) is 12.3 Å².